The number of rotatable bonds is 4. The van der Waals surface area contributed by atoms with Crippen molar-refractivity contribution in [3.05, 3.63) is 84.2 Å². The molecule has 0 spiro atoms. The predicted molar refractivity (Wildman–Crippen MR) is 83.2 cm³/mol. The molecule has 2 aromatic heterocycles. The van der Waals surface area contributed by atoms with Crippen LogP contribution in [0.3, 0.4) is 0 Å². The molecule has 5 heteroatoms. The Balaban J connectivity index is 1.93. The van der Waals surface area contributed by atoms with Gasteiger partial charge < -0.3 is 9.88 Å². The fourth-order valence-electron chi connectivity index (χ4n) is 2.31. The lowest BCUT2D eigenvalue weighted by Crippen LogP contribution is -2.31. The first kappa shape index (κ1) is 14.0. The van der Waals surface area contributed by atoms with E-state index < -0.39 is 0 Å². The van der Waals surface area contributed by atoms with Crippen molar-refractivity contribution in [1.29, 1.82) is 0 Å². The van der Waals surface area contributed by atoms with Crippen LogP contribution in [0.25, 0.3) is 0 Å². The van der Waals surface area contributed by atoms with Crippen molar-refractivity contribution in [2.75, 3.05) is 0 Å². The molecular formula is C17H16N4O. The molecule has 1 N–H and O–H groups in total. The van der Waals surface area contributed by atoms with Gasteiger partial charge in [-0.2, -0.15) is 0 Å². The summed E-state index contributed by atoms with van der Waals surface area (Å²) in [6.07, 6.45) is 6.78. The number of hydrogen-bond acceptors (Lipinski definition) is 3. The fourth-order valence-corrected chi connectivity index (χ4v) is 2.31. The number of nitrogens with zero attached hydrogens (tertiary/aromatic N) is 3. The van der Waals surface area contributed by atoms with Crippen LogP contribution in [0.4, 0.5) is 0 Å². The molecule has 2 heterocycles. The summed E-state index contributed by atoms with van der Waals surface area (Å²) in [5.74, 6) is 0.605. The molecule has 3 aromatic rings. The predicted octanol–water partition coefficient (Wildman–Crippen LogP) is 2.33. The summed E-state index contributed by atoms with van der Waals surface area (Å²) in [4.78, 5) is 20.8. The molecule has 0 radical (unpaired) electrons. The number of imidazole rings is 1. The number of amides is 1. The third-order valence-electron chi connectivity index (χ3n) is 3.45. The average Bonchev–Trinajstić information content (AvgIpc) is 3.00. The van der Waals surface area contributed by atoms with Gasteiger partial charge in [0.25, 0.3) is 5.91 Å². The van der Waals surface area contributed by atoms with Gasteiger partial charge in [-0.3, -0.25) is 9.78 Å². The number of pyridine rings is 1. The number of nitrogens with one attached hydrogen (secondary N) is 1. The SMILES string of the molecule is Cn1ccnc1C(NC(=O)c1cccnc1)c1ccccc1. The molecule has 5 nitrogen and oxygen atoms in total. The van der Waals surface area contributed by atoms with E-state index in [4.69, 9.17) is 0 Å². The zero-order chi connectivity index (χ0) is 15.4. The highest BCUT2D eigenvalue weighted by Crippen LogP contribution is 2.20. The zero-order valence-corrected chi connectivity index (χ0v) is 12.2. The number of carbonyl (C=O) groups is 1. The second kappa shape index (κ2) is 6.22. The zero-order valence-electron chi connectivity index (χ0n) is 12.2. The molecule has 0 saturated heterocycles. The average molecular weight is 292 g/mol. The van der Waals surface area contributed by atoms with Crippen LogP contribution in [-0.2, 0) is 7.05 Å². The van der Waals surface area contributed by atoms with E-state index >= 15 is 0 Å². The van der Waals surface area contributed by atoms with Crippen LogP contribution in [0.2, 0.25) is 0 Å². The molecule has 0 aliphatic carbocycles. The van der Waals surface area contributed by atoms with Crippen LogP contribution in [0.1, 0.15) is 27.8 Å². The first-order valence-electron chi connectivity index (χ1n) is 6.99. The molecule has 3 rings (SSSR count). The lowest BCUT2D eigenvalue weighted by Gasteiger charge is -2.19. The summed E-state index contributed by atoms with van der Waals surface area (Å²) in [5, 5.41) is 3.03. The maximum Gasteiger partial charge on any atom is 0.253 e. The fraction of sp³-hybridized carbons (Fsp3) is 0.118. The van der Waals surface area contributed by atoms with Gasteiger partial charge in [-0.15, -0.1) is 0 Å². The van der Waals surface area contributed by atoms with Crippen molar-refractivity contribution in [2.45, 2.75) is 6.04 Å². The van der Waals surface area contributed by atoms with Crippen molar-refractivity contribution >= 4 is 5.91 Å². The Labute approximate surface area is 128 Å². The Bertz CT molecular complexity index is 753. The molecule has 1 aromatic carbocycles. The molecule has 0 saturated carbocycles. The Kier molecular flexibility index (Phi) is 3.96. The van der Waals surface area contributed by atoms with Gasteiger partial charge in [0.05, 0.1) is 5.56 Å². The monoisotopic (exact) mass is 292 g/mol. The lowest BCUT2D eigenvalue weighted by molar-refractivity contribution is 0.0941. The van der Waals surface area contributed by atoms with E-state index in [1.807, 2.05) is 48.1 Å². The largest absolute Gasteiger partial charge is 0.338 e. The maximum atomic E-state index is 12.4. The van der Waals surface area contributed by atoms with Gasteiger partial charge in [0.1, 0.15) is 11.9 Å². The molecule has 0 bridgehead atoms. The minimum Gasteiger partial charge on any atom is -0.338 e. The quantitative estimate of drug-likeness (QED) is 0.803. The van der Waals surface area contributed by atoms with Gasteiger partial charge in [0, 0.05) is 31.8 Å². The van der Waals surface area contributed by atoms with Crippen LogP contribution >= 0.6 is 0 Å². The van der Waals surface area contributed by atoms with Crippen molar-refractivity contribution in [1.82, 2.24) is 19.9 Å². The number of aromatic nitrogens is 3. The van der Waals surface area contributed by atoms with Crippen LogP contribution in [0.5, 0.6) is 0 Å². The molecule has 1 unspecified atom stereocenters. The van der Waals surface area contributed by atoms with Crippen LogP contribution in [0.15, 0.2) is 67.3 Å². The van der Waals surface area contributed by atoms with Gasteiger partial charge in [0.2, 0.25) is 0 Å². The van der Waals surface area contributed by atoms with Crippen molar-refractivity contribution in [3.8, 4) is 0 Å². The second-order valence-corrected chi connectivity index (χ2v) is 4.96. The Morgan fingerprint density at radius 1 is 1.14 bits per heavy atom. The second-order valence-electron chi connectivity index (χ2n) is 4.96. The smallest absolute Gasteiger partial charge is 0.253 e. The number of hydrogen-bond donors (Lipinski definition) is 1. The molecule has 0 aliphatic heterocycles. The van der Waals surface area contributed by atoms with Gasteiger partial charge in [-0.05, 0) is 17.7 Å². The Morgan fingerprint density at radius 2 is 1.95 bits per heavy atom. The first-order valence-corrected chi connectivity index (χ1v) is 6.99. The maximum absolute atomic E-state index is 12.4. The normalized spacial score (nSPS) is 11.9. The number of benzene rings is 1. The topological polar surface area (TPSA) is 59.8 Å². The van der Waals surface area contributed by atoms with Crippen LogP contribution in [-0.4, -0.2) is 20.4 Å². The van der Waals surface area contributed by atoms with E-state index in [2.05, 4.69) is 15.3 Å². The van der Waals surface area contributed by atoms with Gasteiger partial charge in [-0.1, -0.05) is 30.3 Å². The van der Waals surface area contributed by atoms with E-state index in [9.17, 15) is 4.79 Å². The number of carbonyl (C=O) groups excluding carboxylic acids is 1. The molecule has 1 amide bonds. The van der Waals surface area contributed by atoms with Crippen molar-refractivity contribution < 1.29 is 4.79 Å². The highest BCUT2D eigenvalue weighted by Gasteiger charge is 2.21. The highest BCUT2D eigenvalue weighted by molar-refractivity contribution is 5.94. The Hall–Kier alpha value is -2.95. The third-order valence-corrected chi connectivity index (χ3v) is 3.45. The van der Waals surface area contributed by atoms with Crippen molar-refractivity contribution in [3.63, 3.8) is 0 Å². The molecule has 0 aliphatic rings. The Morgan fingerprint density at radius 3 is 2.59 bits per heavy atom. The molecule has 1 atom stereocenters. The van der Waals surface area contributed by atoms with Gasteiger partial charge in [0.15, 0.2) is 0 Å². The van der Waals surface area contributed by atoms with E-state index in [-0.39, 0.29) is 11.9 Å². The summed E-state index contributed by atoms with van der Waals surface area (Å²) in [5.41, 5.74) is 1.51. The summed E-state index contributed by atoms with van der Waals surface area (Å²) in [7, 11) is 1.91. The summed E-state index contributed by atoms with van der Waals surface area (Å²) in [6, 6.07) is 13.0. The van der Waals surface area contributed by atoms with Gasteiger partial charge >= 0.3 is 0 Å². The molecule has 0 fully saturated rings. The molecule has 110 valence electrons. The summed E-state index contributed by atoms with van der Waals surface area (Å²) in [6.45, 7) is 0. The van der Waals surface area contributed by atoms with E-state index in [0.717, 1.165) is 11.4 Å². The summed E-state index contributed by atoms with van der Waals surface area (Å²) >= 11 is 0. The molecular weight excluding hydrogens is 276 g/mol. The van der Waals surface area contributed by atoms with Crippen LogP contribution < -0.4 is 5.32 Å². The van der Waals surface area contributed by atoms with Crippen LogP contribution in [0, 0.1) is 0 Å². The minimum absolute atomic E-state index is 0.176. The standard InChI is InChI=1S/C17H16N4O/c1-21-11-10-19-16(21)15(13-6-3-2-4-7-13)20-17(22)14-8-5-9-18-12-14/h2-12,15H,1H3,(H,20,22). The number of aryl methyl sites for hydroxylation is 1. The van der Waals surface area contributed by atoms with Gasteiger partial charge in [-0.25, -0.2) is 4.98 Å². The highest BCUT2D eigenvalue weighted by atomic mass is 16.1. The lowest BCUT2D eigenvalue weighted by atomic mass is 10.1. The van der Waals surface area contributed by atoms with E-state index in [1.165, 1.54) is 0 Å². The van der Waals surface area contributed by atoms with Crippen molar-refractivity contribution in [2.24, 2.45) is 7.05 Å². The van der Waals surface area contributed by atoms with E-state index in [1.54, 1.807) is 30.7 Å². The third kappa shape index (κ3) is 2.88. The minimum atomic E-state index is -0.311. The molecule has 22 heavy (non-hydrogen) atoms. The van der Waals surface area contributed by atoms with E-state index in [0.29, 0.717) is 5.56 Å². The summed E-state index contributed by atoms with van der Waals surface area (Å²) < 4.78 is 1.90. The first-order chi connectivity index (χ1) is 10.8.